The minimum Gasteiger partial charge on any atom is -0.390 e. The first-order valence-electron chi connectivity index (χ1n) is 8.92. The second-order valence-electron chi connectivity index (χ2n) is 8.07. The lowest BCUT2D eigenvalue weighted by Gasteiger charge is -2.27. The van der Waals surface area contributed by atoms with Crippen LogP contribution in [0.1, 0.15) is 74.1 Å². The highest BCUT2D eigenvalue weighted by Gasteiger charge is 2.23. The molecule has 0 bridgehead atoms. The maximum Gasteiger partial charge on any atom is 0.133 e. The van der Waals surface area contributed by atoms with Gasteiger partial charge in [0.05, 0.1) is 5.60 Å². The van der Waals surface area contributed by atoms with E-state index in [4.69, 9.17) is 0 Å². The summed E-state index contributed by atoms with van der Waals surface area (Å²) in [5, 5.41) is 9.94. The molecule has 3 atom stereocenters. The number of carbonyl (C=O) groups excluding carboxylic acids is 1. The molecule has 3 unspecified atom stereocenters. The molecule has 0 saturated heterocycles. The van der Waals surface area contributed by atoms with Crippen molar-refractivity contribution in [3.8, 4) is 0 Å². The van der Waals surface area contributed by atoms with Gasteiger partial charge in [0.25, 0.3) is 0 Å². The van der Waals surface area contributed by atoms with Crippen LogP contribution in [0.3, 0.4) is 0 Å². The molecule has 2 nitrogen and oxygen atoms in total. The molecular formula is C21H40O2. The summed E-state index contributed by atoms with van der Waals surface area (Å²) < 4.78 is 0. The van der Waals surface area contributed by atoms with Crippen molar-refractivity contribution >= 4 is 5.78 Å². The molecule has 2 heteroatoms. The Balaban J connectivity index is 0. The molecule has 0 heterocycles. The smallest absolute Gasteiger partial charge is 0.133 e. The van der Waals surface area contributed by atoms with Gasteiger partial charge in [-0.3, -0.25) is 4.79 Å². The van der Waals surface area contributed by atoms with E-state index in [0.29, 0.717) is 42.3 Å². The maximum atomic E-state index is 11.2. The number of rotatable bonds is 10. The first-order valence-corrected chi connectivity index (χ1v) is 8.92. The quantitative estimate of drug-likeness (QED) is 0.515. The number of hydrogen-bond acceptors (Lipinski definition) is 2. The summed E-state index contributed by atoms with van der Waals surface area (Å²) in [5.41, 5.74) is -0.526. The van der Waals surface area contributed by atoms with Crippen LogP contribution in [0, 0.1) is 23.7 Å². The fourth-order valence-electron chi connectivity index (χ4n) is 2.72. The summed E-state index contributed by atoms with van der Waals surface area (Å²) in [6.45, 7) is 21.8. The van der Waals surface area contributed by atoms with E-state index in [-0.39, 0.29) is 0 Å². The SMILES string of the molecule is C=CC(C)CC(=O)CC(C)C.C=CC(C)CC(C)(O)CC(C)C. The van der Waals surface area contributed by atoms with Crippen LogP contribution in [0.5, 0.6) is 0 Å². The van der Waals surface area contributed by atoms with Crippen molar-refractivity contribution < 1.29 is 9.90 Å². The number of Topliss-reactive ketones (excluding diaryl/α,β-unsaturated/α-hetero) is 1. The highest BCUT2D eigenvalue weighted by Crippen LogP contribution is 2.24. The normalized spacial score (nSPS) is 16.1. The lowest BCUT2D eigenvalue weighted by molar-refractivity contribution is -0.120. The van der Waals surface area contributed by atoms with Crippen LogP contribution in [0.4, 0.5) is 0 Å². The lowest BCUT2D eigenvalue weighted by Crippen LogP contribution is -2.28. The van der Waals surface area contributed by atoms with Gasteiger partial charge in [0, 0.05) is 12.8 Å². The highest BCUT2D eigenvalue weighted by atomic mass is 16.3. The topological polar surface area (TPSA) is 37.3 Å². The molecular weight excluding hydrogens is 284 g/mol. The predicted molar refractivity (Wildman–Crippen MR) is 102 cm³/mol. The Labute approximate surface area is 145 Å². The third-order valence-corrected chi connectivity index (χ3v) is 3.60. The van der Waals surface area contributed by atoms with Crippen molar-refractivity contribution in [2.24, 2.45) is 23.7 Å². The van der Waals surface area contributed by atoms with Gasteiger partial charge in [-0.25, -0.2) is 0 Å². The van der Waals surface area contributed by atoms with Crippen LogP contribution < -0.4 is 0 Å². The Kier molecular flexibility index (Phi) is 13.3. The van der Waals surface area contributed by atoms with E-state index in [1.54, 1.807) is 0 Å². The second kappa shape index (κ2) is 12.5. The zero-order chi connectivity index (χ0) is 18.6. The Morgan fingerprint density at radius 2 is 1.39 bits per heavy atom. The van der Waals surface area contributed by atoms with Crippen molar-refractivity contribution in [2.45, 2.75) is 79.8 Å². The Hall–Kier alpha value is -0.890. The molecule has 0 aliphatic rings. The summed E-state index contributed by atoms with van der Waals surface area (Å²) in [4.78, 5) is 11.2. The summed E-state index contributed by atoms with van der Waals surface area (Å²) in [6.07, 6.45) is 6.77. The van der Waals surface area contributed by atoms with Gasteiger partial charge in [-0.15, -0.1) is 13.2 Å². The Morgan fingerprint density at radius 1 is 0.913 bits per heavy atom. The number of ketones is 1. The summed E-state index contributed by atoms with van der Waals surface area (Å²) in [7, 11) is 0. The molecule has 0 aromatic heterocycles. The van der Waals surface area contributed by atoms with E-state index in [9.17, 15) is 9.90 Å². The predicted octanol–water partition coefficient (Wildman–Crippen LogP) is 5.81. The summed E-state index contributed by atoms with van der Waals surface area (Å²) in [5.74, 6) is 2.13. The van der Waals surface area contributed by atoms with Crippen molar-refractivity contribution in [2.75, 3.05) is 0 Å². The molecule has 0 saturated carbocycles. The van der Waals surface area contributed by atoms with Gasteiger partial charge in [-0.1, -0.05) is 53.7 Å². The van der Waals surface area contributed by atoms with E-state index in [0.717, 1.165) is 12.8 Å². The van der Waals surface area contributed by atoms with Crippen molar-refractivity contribution in [3.63, 3.8) is 0 Å². The number of hydrogen-bond donors (Lipinski definition) is 1. The molecule has 1 N–H and O–H groups in total. The molecule has 0 amide bonds. The molecule has 136 valence electrons. The lowest BCUT2D eigenvalue weighted by atomic mass is 9.86. The van der Waals surface area contributed by atoms with E-state index < -0.39 is 5.60 Å². The number of carbonyl (C=O) groups is 1. The van der Waals surface area contributed by atoms with E-state index in [2.05, 4.69) is 47.8 Å². The molecule has 0 aromatic carbocycles. The molecule has 0 radical (unpaired) electrons. The zero-order valence-electron chi connectivity index (χ0n) is 16.6. The minimum absolute atomic E-state index is 0.334. The van der Waals surface area contributed by atoms with Crippen LogP contribution in [-0.2, 0) is 4.79 Å². The minimum atomic E-state index is -0.526. The fourth-order valence-corrected chi connectivity index (χ4v) is 2.72. The average Bonchev–Trinajstić information content (AvgIpc) is 2.35. The van der Waals surface area contributed by atoms with Crippen molar-refractivity contribution in [1.82, 2.24) is 0 Å². The molecule has 0 aliphatic carbocycles. The van der Waals surface area contributed by atoms with Crippen LogP contribution >= 0.6 is 0 Å². The molecule has 0 spiro atoms. The second-order valence-corrected chi connectivity index (χ2v) is 8.07. The first-order chi connectivity index (χ1) is 10.4. The summed E-state index contributed by atoms with van der Waals surface area (Å²) in [6, 6.07) is 0. The van der Waals surface area contributed by atoms with Gasteiger partial charge < -0.3 is 5.11 Å². The number of allylic oxidation sites excluding steroid dienone is 2. The van der Waals surface area contributed by atoms with E-state index in [1.165, 1.54) is 0 Å². The monoisotopic (exact) mass is 324 g/mol. The van der Waals surface area contributed by atoms with E-state index >= 15 is 0 Å². The van der Waals surface area contributed by atoms with Gasteiger partial charge in [-0.2, -0.15) is 0 Å². The van der Waals surface area contributed by atoms with Crippen molar-refractivity contribution in [3.05, 3.63) is 25.3 Å². The Morgan fingerprint density at radius 3 is 1.74 bits per heavy atom. The fraction of sp³-hybridized carbons (Fsp3) is 0.762. The summed E-state index contributed by atoms with van der Waals surface area (Å²) >= 11 is 0. The maximum absolute atomic E-state index is 11.2. The average molecular weight is 325 g/mol. The first kappa shape index (κ1) is 24.4. The third-order valence-electron chi connectivity index (χ3n) is 3.60. The Bertz CT molecular complexity index is 340. The highest BCUT2D eigenvalue weighted by molar-refractivity contribution is 5.78. The van der Waals surface area contributed by atoms with Gasteiger partial charge in [-0.05, 0) is 43.4 Å². The third kappa shape index (κ3) is 17.3. The van der Waals surface area contributed by atoms with Gasteiger partial charge >= 0.3 is 0 Å². The van der Waals surface area contributed by atoms with Crippen LogP contribution in [-0.4, -0.2) is 16.5 Å². The molecule has 0 aromatic rings. The van der Waals surface area contributed by atoms with Gasteiger partial charge in [0.1, 0.15) is 5.78 Å². The van der Waals surface area contributed by atoms with Gasteiger partial charge in [0.15, 0.2) is 0 Å². The molecule has 0 aliphatic heterocycles. The van der Waals surface area contributed by atoms with Crippen LogP contribution in [0.25, 0.3) is 0 Å². The van der Waals surface area contributed by atoms with Crippen LogP contribution in [0.15, 0.2) is 25.3 Å². The van der Waals surface area contributed by atoms with Gasteiger partial charge in [0.2, 0.25) is 0 Å². The standard InChI is InChI=1S/C11H22O.C10H18O/c1-6-10(4)8-11(5,12)7-9(2)3;1-5-9(4)7-10(11)6-8(2)3/h6,9-10,12H,1,7-8H2,2-5H3;5,8-9H,1,6-7H2,2-4H3. The van der Waals surface area contributed by atoms with Crippen LogP contribution in [0.2, 0.25) is 0 Å². The molecule has 0 rings (SSSR count). The zero-order valence-corrected chi connectivity index (χ0v) is 16.6. The van der Waals surface area contributed by atoms with E-state index in [1.807, 2.05) is 26.0 Å². The molecule has 0 fully saturated rings. The molecule has 23 heavy (non-hydrogen) atoms. The van der Waals surface area contributed by atoms with Crippen molar-refractivity contribution in [1.29, 1.82) is 0 Å². The largest absolute Gasteiger partial charge is 0.390 e. The number of aliphatic hydroxyl groups is 1.